The number of rotatable bonds is 3. The van der Waals surface area contributed by atoms with Crippen molar-refractivity contribution in [2.24, 2.45) is 0 Å². The third-order valence-electron chi connectivity index (χ3n) is 3.88. The molecule has 6 unspecified atom stereocenters. The van der Waals surface area contributed by atoms with E-state index in [-0.39, 0.29) is 18.2 Å². The highest BCUT2D eigenvalue weighted by molar-refractivity contribution is 5.22. The number of aliphatic hydroxyl groups excluding tert-OH is 5. The average molecular weight is 259 g/mol. The van der Waals surface area contributed by atoms with Crippen molar-refractivity contribution < 1.29 is 25.5 Å². The summed E-state index contributed by atoms with van der Waals surface area (Å²) in [4.78, 5) is 0. The summed E-state index contributed by atoms with van der Waals surface area (Å²) < 4.78 is 0. The average Bonchev–Trinajstić information content (AvgIpc) is 2.76. The number of nitrogens with one attached hydrogen (secondary N) is 1. The summed E-state index contributed by atoms with van der Waals surface area (Å²) >= 11 is 0. The highest BCUT2D eigenvalue weighted by atomic mass is 16.4. The Balaban J connectivity index is 2.08. The van der Waals surface area contributed by atoms with E-state index in [1.165, 1.54) is 6.08 Å². The van der Waals surface area contributed by atoms with Crippen molar-refractivity contribution in [2.75, 3.05) is 6.61 Å². The molecule has 1 fully saturated rings. The topological polar surface area (TPSA) is 113 Å². The van der Waals surface area contributed by atoms with Crippen molar-refractivity contribution in [3.05, 3.63) is 11.6 Å². The Labute approximate surface area is 106 Å². The largest absolute Gasteiger partial charge is 0.392 e. The lowest BCUT2D eigenvalue weighted by Gasteiger charge is -2.36. The maximum Gasteiger partial charge on any atom is 0.111 e. The predicted molar refractivity (Wildman–Crippen MR) is 63.8 cm³/mol. The molecule has 6 atom stereocenters. The number of aliphatic hydroxyl groups is 5. The predicted octanol–water partition coefficient (Wildman–Crippen LogP) is -2.13. The first-order valence-electron chi connectivity index (χ1n) is 6.34. The van der Waals surface area contributed by atoms with Crippen LogP contribution in [0.25, 0.3) is 0 Å². The van der Waals surface area contributed by atoms with Crippen LogP contribution < -0.4 is 5.32 Å². The van der Waals surface area contributed by atoms with E-state index in [9.17, 15) is 20.4 Å². The molecule has 2 rings (SSSR count). The van der Waals surface area contributed by atoms with Crippen LogP contribution in [0.4, 0.5) is 0 Å². The third kappa shape index (κ3) is 2.59. The normalized spacial score (nSPS) is 45.1. The quantitative estimate of drug-likeness (QED) is 0.323. The van der Waals surface area contributed by atoms with Crippen LogP contribution in [0.5, 0.6) is 0 Å². The van der Waals surface area contributed by atoms with E-state index in [2.05, 4.69) is 5.32 Å². The van der Waals surface area contributed by atoms with Crippen LogP contribution in [-0.4, -0.2) is 68.6 Å². The van der Waals surface area contributed by atoms with Crippen LogP contribution in [0.3, 0.4) is 0 Å². The monoisotopic (exact) mass is 259 g/mol. The second-order valence-corrected chi connectivity index (χ2v) is 5.12. The van der Waals surface area contributed by atoms with Crippen molar-refractivity contribution >= 4 is 0 Å². The minimum Gasteiger partial charge on any atom is -0.392 e. The molecule has 0 aromatic rings. The van der Waals surface area contributed by atoms with Crippen molar-refractivity contribution in [2.45, 2.75) is 55.8 Å². The molecule has 6 nitrogen and oxygen atoms in total. The first-order chi connectivity index (χ1) is 8.54. The summed E-state index contributed by atoms with van der Waals surface area (Å²) in [6.07, 6.45) is -0.177. The molecule has 2 aliphatic carbocycles. The fourth-order valence-corrected chi connectivity index (χ4v) is 2.72. The molecule has 6 N–H and O–H groups in total. The van der Waals surface area contributed by atoms with Crippen LogP contribution in [0.1, 0.15) is 19.3 Å². The van der Waals surface area contributed by atoms with E-state index in [1.54, 1.807) is 0 Å². The maximum absolute atomic E-state index is 9.89. The van der Waals surface area contributed by atoms with Gasteiger partial charge in [-0.1, -0.05) is 6.08 Å². The van der Waals surface area contributed by atoms with Gasteiger partial charge in [0.25, 0.3) is 0 Å². The Morgan fingerprint density at radius 3 is 2.39 bits per heavy atom. The lowest BCUT2D eigenvalue weighted by atomic mass is 9.88. The zero-order valence-corrected chi connectivity index (χ0v) is 10.1. The lowest BCUT2D eigenvalue weighted by Crippen LogP contribution is -2.57. The Hall–Kier alpha value is -0.500. The molecule has 0 saturated heterocycles. The van der Waals surface area contributed by atoms with Gasteiger partial charge in [-0.2, -0.15) is 0 Å². The molecular formula is C12H21NO5. The summed E-state index contributed by atoms with van der Waals surface area (Å²) in [5.41, 5.74) is 0.290. The van der Waals surface area contributed by atoms with E-state index in [0.29, 0.717) is 0 Å². The van der Waals surface area contributed by atoms with Crippen molar-refractivity contribution in [3.8, 4) is 0 Å². The summed E-state index contributed by atoms with van der Waals surface area (Å²) in [7, 11) is 0. The molecular weight excluding hydrogens is 238 g/mol. The van der Waals surface area contributed by atoms with Crippen molar-refractivity contribution in [3.63, 3.8) is 0 Å². The van der Waals surface area contributed by atoms with Gasteiger partial charge in [0, 0.05) is 6.04 Å². The smallest absolute Gasteiger partial charge is 0.111 e. The molecule has 0 bridgehead atoms. The molecule has 0 aliphatic heterocycles. The summed E-state index contributed by atoms with van der Waals surface area (Å²) in [6, 6.07) is -0.688. The van der Waals surface area contributed by atoms with E-state index in [4.69, 9.17) is 5.11 Å². The van der Waals surface area contributed by atoms with Crippen LogP contribution in [0.15, 0.2) is 11.6 Å². The van der Waals surface area contributed by atoms with Crippen LogP contribution in [-0.2, 0) is 0 Å². The fourth-order valence-electron chi connectivity index (χ4n) is 2.72. The molecule has 6 heteroatoms. The molecule has 0 spiro atoms. The van der Waals surface area contributed by atoms with Crippen LogP contribution >= 0.6 is 0 Å². The summed E-state index contributed by atoms with van der Waals surface area (Å²) in [5, 5.41) is 51.1. The third-order valence-corrected chi connectivity index (χ3v) is 3.88. The highest BCUT2D eigenvalue weighted by Gasteiger charge is 2.39. The van der Waals surface area contributed by atoms with Crippen molar-refractivity contribution in [1.82, 2.24) is 5.32 Å². The van der Waals surface area contributed by atoms with Gasteiger partial charge in [-0.3, -0.25) is 0 Å². The fraction of sp³-hybridized carbons (Fsp3) is 0.833. The number of hydrogen-bond donors (Lipinski definition) is 6. The standard InChI is InChI=1S/C12H21NO5/c14-5-6-4-8(11(17)12(18)10(6)16)13-7-2-1-3-9(7)15/h4,7-18H,1-3,5H2. The molecule has 0 amide bonds. The Morgan fingerprint density at radius 1 is 1.11 bits per heavy atom. The Kier molecular flexibility index (Phi) is 4.37. The van der Waals surface area contributed by atoms with Gasteiger partial charge in [-0.15, -0.1) is 0 Å². The van der Waals surface area contributed by atoms with E-state index in [1.807, 2.05) is 0 Å². The summed E-state index contributed by atoms with van der Waals surface area (Å²) in [6.45, 7) is -0.365. The van der Waals surface area contributed by atoms with Gasteiger partial charge in [0.05, 0.1) is 18.8 Å². The highest BCUT2D eigenvalue weighted by Crippen LogP contribution is 2.24. The Morgan fingerprint density at radius 2 is 1.83 bits per heavy atom. The minimum atomic E-state index is -1.33. The summed E-state index contributed by atoms with van der Waals surface area (Å²) in [5.74, 6) is 0. The van der Waals surface area contributed by atoms with Crippen molar-refractivity contribution in [1.29, 1.82) is 0 Å². The molecule has 0 heterocycles. The van der Waals surface area contributed by atoms with Gasteiger partial charge in [0.2, 0.25) is 0 Å². The molecule has 2 aliphatic rings. The van der Waals surface area contributed by atoms with E-state index in [0.717, 1.165) is 19.3 Å². The van der Waals surface area contributed by atoms with Crippen LogP contribution in [0, 0.1) is 0 Å². The van der Waals surface area contributed by atoms with Gasteiger partial charge in [-0.25, -0.2) is 0 Å². The number of hydrogen-bond acceptors (Lipinski definition) is 6. The second-order valence-electron chi connectivity index (χ2n) is 5.12. The molecule has 0 aromatic carbocycles. The molecule has 0 aromatic heterocycles. The van der Waals surface area contributed by atoms with E-state index >= 15 is 0 Å². The molecule has 104 valence electrons. The van der Waals surface area contributed by atoms with Gasteiger partial charge in [0.15, 0.2) is 0 Å². The first kappa shape index (κ1) is 13.9. The minimum absolute atomic E-state index is 0.122. The second kappa shape index (κ2) is 5.64. The van der Waals surface area contributed by atoms with E-state index < -0.39 is 30.5 Å². The zero-order valence-electron chi connectivity index (χ0n) is 10.1. The van der Waals surface area contributed by atoms with Gasteiger partial charge in [0.1, 0.15) is 18.3 Å². The van der Waals surface area contributed by atoms with Gasteiger partial charge in [-0.05, 0) is 24.8 Å². The zero-order chi connectivity index (χ0) is 13.3. The molecule has 18 heavy (non-hydrogen) atoms. The SMILES string of the molecule is OCC1=CC(NC2CCCC2O)C(O)C(O)C1O. The lowest BCUT2D eigenvalue weighted by molar-refractivity contribution is -0.0666. The Bertz CT molecular complexity index is 322. The van der Waals surface area contributed by atoms with Gasteiger partial charge < -0.3 is 30.8 Å². The molecule has 0 radical (unpaired) electrons. The first-order valence-corrected chi connectivity index (χ1v) is 6.34. The maximum atomic E-state index is 9.89. The van der Waals surface area contributed by atoms with Gasteiger partial charge >= 0.3 is 0 Å². The van der Waals surface area contributed by atoms with Crippen LogP contribution in [0.2, 0.25) is 0 Å². The molecule has 1 saturated carbocycles.